The number of benzene rings is 1. The van der Waals surface area contributed by atoms with Crippen molar-refractivity contribution in [2.24, 2.45) is 5.92 Å². The Labute approximate surface area is 100.0 Å². The van der Waals surface area contributed by atoms with E-state index in [0.717, 1.165) is 0 Å². The molecule has 17 heavy (non-hydrogen) atoms. The van der Waals surface area contributed by atoms with Gasteiger partial charge in [0.25, 0.3) is 0 Å². The highest BCUT2D eigenvalue weighted by Gasteiger charge is 2.41. The first-order valence-corrected chi connectivity index (χ1v) is 5.66. The lowest BCUT2D eigenvalue weighted by Gasteiger charge is -2.18. The third-order valence-electron chi connectivity index (χ3n) is 2.88. The third kappa shape index (κ3) is 2.30. The van der Waals surface area contributed by atoms with E-state index in [1.807, 2.05) is 19.9 Å². The second-order valence-corrected chi connectivity index (χ2v) is 4.47. The first-order chi connectivity index (χ1) is 8.09. The van der Waals surface area contributed by atoms with Crippen LogP contribution in [0.1, 0.15) is 24.2 Å². The molecule has 0 radical (unpaired) electrons. The SMILES string of the molecule is CC(C)[C@H]1NC(=O)O[C@@H]1C(=O)c1ccccc1. The minimum atomic E-state index is -0.718. The normalized spacial score (nSPS) is 23.4. The van der Waals surface area contributed by atoms with Crippen molar-refractivity contribution in [3.05, 3.63) is 35.9 Å². The van der Waals surface area contributed by atoms with E-state index >= 15 is 0 Å². The second kappa shape index (κ2) is 4.57. The first-order valence-electron chi connectivity index (χ1n) is 5.66. The Morgan fingerprint density at radius 3 is 2.53 bits per heavy atom. The number of cyclic esters (lactones) is 1. The van der Waals surface area contributed by atoms with Crippen LogP contribution >= 0.6 is 0 Å². The molecule has 1 aliphatic rings. The monoisotopic (exact) mass is 233 g/mol. The molecule has 0 saturated carbocycles. The van der Waals surface area contributed by atoms with E-state index in [4.69, 9.17) is 4.74 Å². The van der Waals surface area contributed by atoms with Gasteiger partial charge in [-0.05, 0) is 5.92 Å². The summed E-state index contributed by atoms with van der Waals surface area (Å²) in [5.41, 5.74) is 0.569. The molecule has 2 rings (SSSR count). The lowest BCUT2D eigenvalue weighted by atomic mass is 9.93. The van der Waals surface area contributed by atoms with E-state index in [1.54, 1.807) is 24.3 Å². The van der Waals surface area contributed by atoms with Gasteiger partial charge in [-0.25, -0.2) is 4.79 Å². The zero-order valence-electron chi connectivity index (χ0n) is 9.84. The van der Waals surface area contributed by atoms with Crippen molar-refractivity contribution in [3.63, 3.8) is 0 Å². The van der Waals surface area contributed by atoms with Gasteiger partial charge in [0.1, 0.15) is 0 Å². The Bertz CT molecular complexity index is 428. The molecule has 2 atom stereocenters. The average molecular weight is 233 g/mol. The number of ether oxygens (including phenoxy) is 1. The molecule has 1 aliphatic heterocycles. The Morgan fingerprint density at radius 2 is 1.94 bits per heavy atom. The second-order valence-electron chi connectivity index (χ2n) is 4.47. The maximum Gasteiger partial charge on any atom is 0.408 e. The van der Waals surface area contributed by atoms with Crippen LogP contribution in [-0.4, -0.2) is 24.0 Å². The lowest BCUT2D eigenvalue weighted by Crippen LogP contribution is -2.40. The van der Waals surface area contributed by atoms with Crippen molar-refractivity contribution in [1.82, 2.24) is 5.32 Å². The van der Waals surface area contributed by atoms with Gasteiger partial charge in [0.15, 0.2) is 6.10 Å². The number of amides is 1. The van der Waals surface area contributed by atoms with Gasteiger partial charge in [-0.2, -0.15) is 0 Å². The Morgan fingerprint density at radius 1 is 1.29 bits per heavy atom. The van der Waals surface area contributed by atoms with Gasteiger partial charge in [-0.1, -0.05) is 44.2 Å². The molecule has 0 spiro atoms. The third-order valence-corrected chi connectivity index (χ3v) is 2.88. The summed E-state index contributed by atoms with van der Waals surface area (Å²) in [6, 6.07) is 8.63. The van der Waals surface area contributed by atoms with Crippen LogP contribution in [0, 0.1) is 5.92 Å². The van der Waals surface area contributed by atoms with Gasteiger partial charge in [0, 0.05) is 5.56 Å². The molecule has 1 fully saturated rings. The van der Waals surface area contributed by atoms with Crippen LogP contribution in [-0.2, 0) is 4.74 Å². The standard InChI is InChI=1S/C13H15NO3/c1-8(2)10-12(17-13(16)14-10)11(15)9-6-4-3-5-7-9/h3-8,10,12H,1-2H3,(H,14,16)/t10-,12+/m1/s1. The number of nitrogens with one attached hydrogen (secondary N) is 1. The van der Waals surface area contributed by atoms with Crippen LogP contribution in [0.5, 0.6) is 0 Å². The number of carbonyl (C=O) groups is 2. The van der Waals surface area contributed by atoms with E-state index in [0.29, 0.717) is 5.56 Å². The number of ketones is 1. The summed E-state index contributed by atoms with van der Waals surface area (Å²) in [5.74, 6) is 0.00163. The molecule has 1 heterocycles. The fraction of sp³-hybridized carbons (Fsp3) is 0.385. The molecule has 4 heteroatoms. The predicted octanol–water partition coefficient (Wildman–Crippen LogP) is 2.00. The summed E-state index contributed by atoms with van der Waals surface area (Å²) < 4.78 is 5.05. The van der Waals surface area contributed by atoms with Crippen LogP contribution in [0.3, 0.4) is 0 Å². The molecular weight excluding hydrogens is 218 g/mol. The van der Waals surface area contributed by atoms with Gasteiger partial charge in [0.2, 0.25) is 5.78 Å². The average Bonchev–Trinajstić information content (AvgIpc) is 2.72. The molecule has 1 aromatic rings. The summed E-state index contributed by atoms with van der Waals surface area (Å²) in [6.07, 6.45) is -1.23. The molecule has 0 aliphatic carbocycles. The minimum Gasteiger partial charge on any atom is -0.436 e. The molecular formula is C13H15NO3. The van der Waals surface area contributed by atoms with Crippen LogP contribution in [0.25, 0.3) is 0 Å². The predicted molar refractivity (Wildman–Crippen MR) is 62.8 cm³/mol. The quantitative estimate of drug-likeness (QED) is 0.812. The smallest absolute Gasteiger partial charge is 0.408 e. The fourth-order valence-corrected chi connectivity index (χ4v) is 1.93. The molecule has 0 aromatic heterocycles. The zero-order valence-corrected chi connectivity index (χ0v) is 9.84. The van der Waals surface area contributed by atoms with E-state index < -0.39 is 12.2 Å². The van der Waals surface area contributed by atoms with Crippen molar-refractivity contribution in [3.8, 4) is 0 Å². The number of rotatable bonds is 3. The summed E-state index contributed by atoms with van der Waals surface area (Å²) >= 11 is 0. The van der Waals surface area contributed by atoms with E-state index in [9.17, 15) is 9.59 Å². The number of carbonyl (C=O) groups excluding carboxylic acids is 2. The van der Waals surface area contributed by atoms with Crippen molar-refractivity contribution in [2.45, 2.75) is 26.0 Å². The molecule has 1 saturated heterocycles. The maximum absolute atomic E-state index is 12.2. The van der Waals surface area contributed by atoms with Crippen LogP contribution < -0.4 is 5.32 Å². The molecule has 1 aromatic carbocycles. The summed E-state index contributed by atoms with van der Waals surface area (Å²) in [6.45, 7) is 3.90. The zero-order chi connectivity index (χ0) is 12.4. The molecule has 1 N–H and O–H groups in total. The topological polar surface area (TPSA) is 55.4 Å². The number of hydrogen-bond acceptors (Lipinski definition) is 3. The summed E-state index contributed by atoms with van der Waals surface area (Å²) in [5, 5.41) is 2.67. The van der Waals surface area contributed by atoms with Gasteiger partial charge in [-0.15, -0.1) is 0 Å². The molecule has 0 unspecified atom stereocenters. The number of Topliss-reactive ketones (excluding diaryl/α,β-unsaturated/α-hetero) is 1. The van der Waals surface area contributed by atoms with Gasteiger partial charge >= 0.3 is 6.09 Å². The molecule has 1 amide bonds. The van der Waals surface area contributed by atoms with Gasteiger partial charge in [0.05, 0.1) is 6.04 Å². The van der Waals surface area contributed by atoms with Gasteiger partial charge in [-0.3, -0.25) is 4.79 Å². The first kappa shape index (κ1) is 11.6. The van der Waals surface area contributed by atoms with E-state index in [-0.39, 0.29) is 17.7 Å². The summed E-state index contributed by atoms with van der Waals surface area (Å²) in [7, 11) is 0. The molecule has 90 valence electrons. The Kier molecular flexibility index (Phi) is 3.13. The van der Waals surface area contributed by atoms with E-state index in [2.05, 4.69) is 5.32 Å². The largest absolute Gasteiger partial charge is 0.436 e. The molecule has 4 nitrogen and oxygen atoms in total. The van der Waals surface area contributed by atoms with Crippen LogP contribution in [0.4, 0.5) is 4.79 Å². The highest BCUT2D eigenvalue weighted by molar-refractivity contribution is 6.02. The molecule has 0 bridgehead atoms. The van der Waals surface area contributed by atoms with Crippen molar-refractivity contribution < 1.29 is 14.3 Å². The number of hydrogen-bond donors (Lipinski definition) is 1. The lowest BCUT2D eigenvalue weighted by molar-refractivity contribution is 0.0699. The highest BCUT2D eigenvalue weighted by Crippen LogP contribution is 2.20. The Hall–Kier alpha value is -1.84. The highest BCUT2D eigenvalue weighted by atomic mass is 16.6. The minimum absolute atomic E-state index is 0.150. The van der Waals surface area contributed by atoms with Crippen LogP contribution in [0.2, 0.25) is 0 Å². The fourth-order valence-electron chi connectivity index (χ4n) is 1.93. The Balaban J connectivity index is 2.22. The van der Waals surface area contributed by atoms with Gasteiger partial charge < -0.3 is 10.1 Å². The van der Waals surface area contributed by atoms with Crippen molar-refractivity contribution >= 4 is 11.9 Å². The van der Waals surface area contributed by atoms with Crippen LogP contribution in [0.15, 0.2) is 30.3 Å². The number of alkyl carbamates (subject to hydrolysis) is 1. The van der Waals surface area contributed by atoms with Crippen molar-refractivity contribution in [2.75, 3.05) is 0 Å². The van der Waals surface area contributed by atoms with Crippen molar-refractivity contribution in [1.29, 1.82) is 0 Å². The maximum atomic E-state index is 12.2. The van der Waals surface area contributed by atoms with E-state index in [1.165, 1.54) is 0 Å². The summed E-state index contributed by atoms with van der Waals surface area (Å²) in [4.78, 5) is 23.4.